The number of hydrogen-bond acceptors (Lipinski definition) is 8. The predicted octanol–water partition coefficient (Wildman–Crippen LogP) is 2.81. The molecule has 1 aliphatic carbocycles. The van der Waals surface area contributed by atoms with Gasteiger partial charge in [-0.25, -0.2) is 9.97 Å². The van der Waals surface area contributed by atoms with Crippen molar-refractivity contribution in [2.24, 2.45) is 5.73 Å². The number of thiophene rings is 1. The summed E-state index contributed by atoms with van der Waals surface area (Å²) >= 11 is 1.30. The maximum atomic E-state index is 13.0. The third-order valence-electron chi connectivity index (χ3n) is 6.64. The Labute approximate surface area is 203 Å². The van der Waals surface area contributed by atoms with Crippen LogP contribution in [0.2, 0.25) is 0 Å². The Kier molecular flexibility index (Phi) is 6.18. The van der Waals surface area contributed by atoms with Gasteiger partial charge >= 0.3 is 0 Å². The fraction of sp³-hybridized carbons (Fsp3) is 0.480. The molecule has 3 aromatic rings. The molecule has 2 aromatic heterocycles. The molecule has 0 unspecified atom stereocenters. The largest absolute Gasteiger partial charge is 0.396 e. The van der Waals surface area contributed by atoms with Crippen LogP contribution >= 0.6 is 11.3 Å². The van der Waals surface area contributed by atoms with Crippen LogP contribution in [0.4, 0.5) is 11.4 Å². The number of anilines is 2. The Hall–Kier alpha value is -2.75. The molecule has 1 saturated heterocycles. The lowest BCUT2D eigenvalue weighted by Crippen LogP contribution is -2.38. The van der Waals surface area contributed by atoms with E-state index in [0.717, 1.165) is 38.0 Å². The van der Waals surface area contributed by atoms with Crippen LogP contribution in [0.15, 0.2) is 24.4 Å². The zero-order valence-electron chi connectivity index (χ0n) is 19.9. The van der Waals surface area contributed by atoms with E-state index in [-0.39, 0.29) is 30.2 Å². The molecule has 1 aliphatic heterocycles. The second-order valence-electron chi connectivity index (χ2n) is 9.67. The van der Waals surface area contributed by atoms with Crippen molar-refractivity contribution in [2.45, 2.75) is 64.3 Å². The van der Waals surface area contributed by atoms with Gasteiger partial charge in [0.2, 0.25) is 0 Å². The minimum atomic E-state index is -0.146. The van der Waals surface area contributed by atoms with Gasteiger partial charge in [-0.15, -0.1) is 11.3 Å². The number of carbonyl (C=O) groups excluding carboxylic acids is 1. The number of nitrogen functional groups attached to an aromatic ring is 1. The SMILES string of the molecule is Cc1cnc2c(N)c(C(=O)N[C@H]3CCc4cc(N5C[C@H](OC(C)C)[C@@H](N)C5)ccc4C3)sc2n1. The monoisotopic (exact) mass is 480 g/mol. The first-order valence-electron chi connectivity index (χ1n) is 11.9. The first-order valence-corrected chi connectivity index (χ1v) is 12.7. The molecule has 8 nitrogen and oxygen atoms in total. The van der Waals surface area contributed by atoms with Crippen molar-refractivity contribution in [3.05, 3.63) is 46.1 Å². The molecule has 1 amide bonds. The van der Waals surface area contributed by atoms with Crippen molar-refractivity contribution >= 4 is 39.0 Å². The first-order chi connectivity index (χ1) is 16.3. The summed E-state index contributed by atoms with van der Waals surface area (Å²) < 4.78 is 5.99. The number of aromatic nitrogens is 2. The van der Waals surface area contributed by atoms with Gasteiger partial charge in [-0.05, 0) is 63.3 Å². The number of hydrogen-bond donors (Lipinski definition) is 3. The summed E-state index contributed by atoms with van der Waals surface area (Å²) in [5.41, 5.74) is 18.2. The zero-order valence-corrected chi connectivity index (χ0v) is 20.7. The summed E-state index contributed by atoms with van der Waals surface area (Å²) in [7, 11) is 0. The van der Waals surface area contributed by atoms with E-state index in [4.69, 9.17) is 16.2 Å². The highest BCUT2D eigenvalue weighted by Crippen LogP contribution is 2.32. The van der Waals surface area contributed by atoms with E-state index in [1.165, 1.54) is 28.2 Å². The number of fused-ring (bicyclic) bond motifs is 2. The highest BCUT2D eigenvalue weighted by atomic mass is 32.1. The van der Waals surface area contributed by atoms with E-state index in [1.807, 2.05) is 20.8 Å². The number of aryl methyl sites for hydroxylation is 2. The van der Waals surface area contributed by atoms with Crippen LogP contribution < -0.4 is 21.7 Å². The number of nitrogens with one attached hydrogen (secondary N) is 1. The number of carbonyl (C=O) groups is 1. The lowest BCUT2D eigenvalue weighted by molar-refractivity contribution is 0.0128. The van der Waals surface area contributed by atoms with Gasteiger partial charge in [-0.2, -0.15) is 0 Å². The van der Waals surface area contributed by atoms with Crippen molar-refractivity contribution in [1.82, 2.24) is 15.3 Å². The molecular formula is C25H32N6O2S. The van der Waals surface area contributed by atoms with Gasteiger partial charge in [-0.1, -0.05) is 6.07 Å². The van der Waals surface area contributed by atoms with Gasteiger partial charge < -0.3 is 26.4 Å². The summed E-state index contributed by atoms with van der Waals surface area (Å²) in [6.07, 6.45) is 4.52. The topological polar surface area (TPSA) is 119 Å². The third-order valence-corrected chi connectivity index (χ3v) is 7.73. The number of rotatable bonds is 5. The van der Waals surface area contributed by atoms with Gasteiger partial charge in [0, 0.05) is 31.0 Å². The van der Waals surface area contributed by atoms with Crippen LogP contribution in [0.1, 0.15) is 46.8 Å². The fourth-order valence-corrected chi connectivity index (χ4v) is 5.96. The molecule has 34 heavy (non-hydrogen) atoms. The molecule has 0 saturated carbocycles. The minimum Gasteiger partial charge on any atom is -0.396 e. The molecule has 3 heterocycles. The van der Waals surface area contributed by atoms with Gasteiger partial charge in [0.05, 0.1) is 29.6 Å². The van der Waals surface area contributed by atoms with Crippen LogP contribution in [0.5, 0.6) is 0 Å². The molecule has 0 spiro atoms. The molecule has 0 bridgehead atoms. The van der Waals surface area contributed by atoms with Crippen molar-refractivity contribution in [3.63, 3.8) is 0 Å². The maximum absolute atomic E-state index is 13.0. The Bertz CT molecular complexity index is 1230. The molecule has 0 radical (unpaired) electrons. The molecular weight excluding hydrogens is 448 g/mol. The molecule has 180 valence electrons. The molecule has 3 atom stereocenters. The van der Waals surface area contributed by atoms with Gasteiger partial charge in [0.1, 0.15) is 15.2 Å². The van der Waals surface area contributed by atoms with Crippen molar-refractivity contribution < 1.29 is 9.53 Å². The smallest absolute Gasteiger partial charge is 0.263 e. The Morgan fingerprint density at radius 1 is 1.29 bits per heavy atom. The number of nitrogens with two attached hydrogens (primary N) is 2. The second kappa shape index (κ2) is 9.13. The van der Waals surface area contributed by atoms with E-state index in [9.17, 15) is 4.79 Å². The number of nitrogens with zero attached hydrogens (tertiary/aromatic N) is 3. The van der Waals surface area contributed by atoms with Crippen LogP contribution in [0, 0.1) is 6.92 Å². The van der Waals surface area contributed by atoms with Crippen LogP contribution in [-0.2, 0) is 17.6 Å². The van der Waals surface area contributed by atoms with Gasteiger partial charge in [-0.3, -0.25) is 4.79 Å². The Morgan fingerprint density at radius 2 is 2.12 bits per heavy atom. The summed E-state index contributed by atoms with van der Waals surface area (Å²) in [6.45, 7) is 7.59. The van der Waals surface area contributed by atoms with Crippen LogP contribution in [-0.4, -0.2) is 53.3 Å². The standard InChI is InChI=1S/C25H32N6O2S/c1-13(2)33-20-12-31(11-19(20)26)18-7-5-15-8-17(6-4-16(15)9-18)30-24(32)23-21(27)22-25(34-23)29-14(3)10-28-22/h5,7,9-10,13,17,19-20H,4,6,8,11-12,26-27H2,1-3H3,(H,30,32)/t17-,19-,20-/m0/s1. The van der Waals surface area contributed by atoms with Crippen molar-refractivity contribution in [3.8, 4) is 0 Å². The number of ether oxygens (including phenoxy) is 1. The molecule has 5 rings (SSSR count). The van der Waals surface area contributed by atoms with Crippen molar-refractivity contribution in [1.29, 1.82) is 0 Å². The third kappa shape index (κ3) is 4.47. The van der Waals surface area contributed by atoms with E-state index in [0.29, 0.717) is 20.9 Å². The summed E-state index contributed by atoms with van der Waals surface area (Å²) in [6, 6.07) is 6.73. The minimum absolute atomic E-state index is 0.0219. The normalized spacial score (nSPS) is 22.4. The van der Waals surface area contributed by atoms with Crippen LogP contribution in [0.25, 0.3) is 10.3 Å². The second-order valence-corrected chi connectivity index (χ2v) is 10.7. The summed E-state index contributed by atoms with van der Waals surface area (Å²) in [4.78, 5) is 25.3. The maximum Gasteiger partial charge on any atom is 0.263 e. The highest BCUT2D eigenvalue weighted by molar-refractivity contribution is 7.21. The lowest BCUT2D eigenvalue weighted by Gasteiger charge is -2.27. The molecule has 1 aromatic carbocycles. The zero-order chi connectivity index (χ0) is 24.0. The predicted molar refractivity (Wildman–Crippen MR) is 136 cm³/mol. The molecule has 2 aliphatic rings. The Balaban J connectivity index is 1.25. The summed E-state index contributed by atoms with van der Waals surface area (Å²) in [5, 5.41) is 3.18. The van der Waals surface area contributed by atoms with Crippen LogP contribution in [0.3, 0.4) is 0 Å². The molecule has 5 N–H and O–H groups in total. The van der Waals surface area contributed by atoms with E-state index in [2.05, 4.69) is 38.4 Å². The average molecular weight is 481 g/mol. The lowest BCUT2D eigenvalue weighted by atomic mass is 9.87. The Morgan fingerprint density at radius 3 is 2.91 bits per heavy atom. The van der Waals surface area contributed by atoms with Gasteiger partial charge in [0.25, 0.3) is 5.91 Å². The molecule has 1 fully saturated rings. The number of amides is 1. The van der Waals surface area contributed by atoms with Crippen molar-refractivity contribution in [2.75, 3.05) is 23.7 Å². The number of benzene rings is 1. The van der Waals surface area contributed by atoms with E-state index in [1.54, 1.807) is 6.20 Å². The highest BCUT2D eigenvalue weighted by Gasteiger charge is 2.32. The summed E-state index contributed by atoms with van der Waals surface area (Å²) in [5.74, 6) is -0.146. The average Bonchev–Trinajstić information content (AvgIpc) is 3.32. The van der Waals surface area contributed by atoms with Gasteiger partial charge in [0.15, 0.2) is 0 Å². The molecule has 9 heteroatoms. The van der Waals surface area contributed by atoms with E-state index >= 15 is 0 Å². The van der Waals surface area contributed by atoms with E-state index < -0.39 is 0 Å². The first kappa shape index (κ1) is 23.0. The quantitative estimate of drug-likeness (QED) is 0.514. The fourth-order valence-electron chi connectivity index (χ4n) is 4.95.